The van der Waals surface area contributed by atoms with Crippen LogP contribution in [0.3, 0.4) is 0 Å². The van der Waals surface area contributed by atoms with Crippen LogP contribution in [0.1, 0.15) is 35.2 Å². The van der Waals surface area contributed by atoms with Crippen molar-refractivity contribution in [3.8, 4) is 0 Å². The fourth-order valence-electron chi connectivity index (χ4n) is 2.52. The maximum absolute atomic E-state index is 14.1. The lowest BCUT2D eigenvalue weighted by atomic mass is 9.75. The average molecular weight is 326 g/mol. The number of carbonyl (C=O) groups excluding carboxylic acids is 2. The zero-order chi connectivity index (χ0) is 17.3. The van der Waals surface area contributed by atoms with Gasteiger partial charge >= 0.3 is 5.92 Å². The summed E-state index contributed by atoms with van der Waals surface area (Å²) < 4.78 is 28.2. The molecule has 0 spiro atoms. The Kier molecular flexibility index (Phi) is 4.70. The van der Waals surface area contributed by atoms with E-state index in [1.54, 1.807) is 24.3 Å². The van der Waals surface area contributed by atoms with E-state index in [0.717, 1.165) is 4.90 Å². The van der Waals surface area contributed by atoms with Crippen molar-refractivity contribution in [3.05, 3.63) is 35.4 Å². The number of carbonyl (C=O) groups is 2. The Balaban J connectivity index is 2.05. The predicted molar refractivity (Wildman–Crippen MR) is 80.1 cm³/mol. The van der Waals surface area contributed by atoms with E-state index in [9.17, 15) is 23.5 Å². The van der Waals surface area contributed by atoms with Gasteiger partial charge in [-0.25, -0.2) is 0 Å². The van der Waals surface area contributed by atoms with E-state index in [2.05, 4.69) is 5.32 Å². The molecule has 2 N–H and O–H groups in total. The summed E-state index contributed by atoms with van der Waals surface area (Å²) in [7, 11) is 2.78. The predicted octanol–water partition coefficient (Wildman–Crippen LogP) is 1.55. The van der Waals surface area contributed by atoms with Gasteiger partial charge in [0.05, 0.1) is 0 Å². The van der Waals surface area contributed by atoms with E-state index in [1.807, 2.05) is 0 Å². The minimum atomic E-state index is -3.79. The van der Waals surface area contributed by atoms with Crippen molar-refractivity contribution in [3.63, 3.8) is 0 Å². The summed E-state index contributed by atoms with van der Waals surface area (Å²) in [6.07, 6.45) is 0.352. The van der Waals surface area contributed by atoms with Crippen LogP contribution >= 0.6 is 0 Å². The van der Waals surface area contributed by atoms with Crippen LogP contribution in [-0.4, -0.2) is 47.4 Å². The lowest BCUT2D eigenvalue weighted by Gasteiger charge is -2.42. The van der Waals surface area contributed by atoms with Gasteiger partial charge < -0.3 is 15.3 Å². The van der Waals surface area contributed by atoms with E-state index in [0.29, 0.717) is 17.5 Å². The third-order valence-electron chi connectivity index (χ3n) is 4.24. The molecular weight excluding hydrogens is 306 g/mol. The molecule has 1 aliphatic carbocycles. The first-order chi connectivity index (χ1) is 10.7. The average Bonchev–Trinajstić information content (AvgIpc) is 2.51. The van der Waals surface area contributed by atoms with Crippen molar-refractivity contribution >= 4 is 11.8 Å². The Labute approximate surface area is 133 Å². The fourth-order valence-corrected chi connectivity index (χ4v) is 2.52. The van der Waals surface area contributed by atoms with Gasteiger partial charge in [0, 0.05) is 26.2 Å². The van der Waals surface area contributed by atoms with Gasteiger partial charge in [-0.05, 0) is 37.0 Å². The van der Waals surface area contributed by atoms with Crippen molar-refractivity contribution in [1.82, 2.24) is 10.2 Å². The third kappa shape index (κ3) is 3.19. The summed E-state index contributed by atoms with van der Waals surface area (Å²) >= 11 is 0. The van der Waals surface area contributed by atoms with Crippen molar-refractivity contribution < 1.29 is 23.5 Å². The summed E-state index contributed by atoms with van der Waals surface area (Å²) in [6, 6.07) is 6.32. The van der Waals surface area contributed by atoms with Crippen LogP contribution in [0, 0.1) is 0 Å². The monoisotopic (exact) mass is 326 g/mol. The quantitative estimate of drug-likeness (QED) is 0.863. The van der Waals surface area contributed by atoms with Gasteiger partial charge in [0.2, 0.25) is 0 Å². The molecule has 126 valence electrons. The number of benzene rings is 1. The second-order valence-corrected chi connectivity index (χ2v) is 5.90. The Morgan fingerprint density at radius 1 is 1.30 bits per heavy atom. The molecule has 0 radical (unpaired) electrons. The number of nitrogens with one attached hydrogen (secondary N) is 1. The number of hydrogen-bond acceptors (Lipinski definition) is 3. The molecule has 0 saturated heterocycles. The molecule has 0 unspecified atom stereocenters. The van der Waals surface area contributed by atoms with Gasteiger partial charge in [-0.1, -0.05) is 12.1 Å². The van der Waals surface area contributed by atoms with E-state index in [-0.39, 0.29) is 25.3 Å². The SMILES string of the molecule is CNC(=O)c1ccc(CN(C)C(=O)C(F)(F)C2(O)CCC2)cc1. The smallest absolute Gasteiger partial charge is 0.352 e. The number of hydrogen-bond donors (Lipinski definition) is 2. The largest absolute Gasteiger partial charge is 0.383 e. The van der Waals surface area contributed by atoms with Gasteiger partial charge in [0.15, 0.2) is 0 Å². The Morgan fingerprint density at radius 3 is 2.30 bits per heavy atom. The third-order valence-corrected chi connectivity index (χ3v) is 4.24. The number of alkyl halides is 2. The van der Waals surface area contributed by atoms with Crippen LogP contribution in [-0.2, 0) is 11.3 Å². The highest BCUT2D eigenvalue weighted by molar-refractivity contribution is 5.94. The molecule has 1 aliphatic rings. The lowest BCUT2D eigenvalue weighted by molar-refractivity contribution is -0.223. The van der Waals surface area contributed by atoms with Gasteiger partial charge in [0.1, 0.15) is 5.60 Å². The molecule has 0 atom stereocenters. The summed E-state index contributed by atoms with van der Waals surface area (Å²) in [6.45, 7) is -0.0292. The second kappa shape index (κ2) is 6.23. The maximum atomic E-state index is 14.1. The van der Waals surface area contributed by atoms with Crippen molar-refractivity contribution in [2.24, 2.45) is 0 Å². The molecule has 0 heterocycles. The summed E-state index contributed by atoms with van der Waals surface area (Å²) in [5, 5.41) is 12.3. The van der Waals surface area contributed by atoms with E-state index in [1.165, 1.54) is 14.1 Å². The lowest BCUT2D eigenvalue weighted by Crippen LogP contribution is -2.60. The number of amides is 2. The summed E-state index contributed by atoms with van der Waals surface area (Å²) in [5.74, 6) is -5.43. The Hall–Kier alpha value is -2.02. The Bertz CT molecular complexity index is 598. The zero-order valence-electron chi connectivity index (χ0n) is 13.1. The zero-order valence-corrected chi connectivity index (χ0v) is 13.1. The van der Waals surface area contributed by atoms with Gasteiger partial charge in [0.25, 0.3) is 11.8 Å². The minimum absolute atomic E-state index is 0.0292. The van der Waals surface area contributed by atoms with Crippen LogP contribution < -0.4 is 5.32 Å². The Morgan fingerprint density at radius 2 is 1.87 bits per heavy atom. The standard InChI is InChI=1S/C16H20F2N2O3/c1-19-13(21)12-6-4-11(5-7-12)10-20(2)14(22)16(17,18)15(23)8-3-9-15/h4-7,23H,3,8-10H2,1-2H3,(H,19,21). The van der Waals surface area contributed by atoms with Crippen molar-refractivity contribution in [1.29, 1.82) is 0 Å². The van der Waals surface area contributed by atoms with Crippen molar-refractivity contribution in [2.75, 3.05) is 14.1 Å². The number of rotatable bonds is 5. The molecule has 7 heteroatoms. The number of aliphatic hydroxyl groups is 1. The molecule has 1 aromatic rings. The van der Waals surface area contributed by atoms with E-state index >= 15 is 0 Å². The van der Waals surface area contributed by atoms with Gasteiger partial charge in [-0.3, -0.25) is 9.59 Å². The van der Waals surface area contributed by atoms with Gasteiger partial charge in [-0.15, -0.1) is 0 Å². The van der Waals surface area contributed by atoms with Crippen LogP contribution in [0.25, 0.3) is 0 Å². The molecule has 1 aromatic carbocycles. The first kappa shape index (κ1) is 17.3. The van der Waals surface area contributed by atoms with Crippen LogP contribution in [0.5, 0.6) is 0 Å². The molecule has 2 rings (SSSR count). The van der Waals surface area contributed by atoms with Crippen LogP contribution in [0.2, 0.25) is 0 Å². The van der Waals surface area contributed by atoms with Crippen LogP contribution in [0.15, 0.2) is 24.3 Å². The first-order valence-corrected chi connectivity index (χ1v) is 7.38. The fraction of sp³-hybridized carbons (Fsp3) is 0.500. The number of halogens is 2. The molecule has 1 saturated carbocycles. The molecule has 0 aliphatic heterocycles. The van der Waals surface area contributed by atoms with Gasteiger partial charge in [-0.2, -0.15) is 8.78 Å². The van der Waals surface area contributed by atoms with E-state index in [4.69, 9.17) is 0 Å². The highest BCUT2D eigenvalue weighted by atomic mass is 19.3. The topological polar surface area (TPSA) is 69.6 Å². The molecule has 23 heavy (non-hydrogen) atoms. The highest BCUT2D eigenvalue weighted by Crippen LogP contribution is 2.45. The molecule has 0 bridgehead atoms. The van der Waals surface area contributed by atoms with E-state index < -0.39 is 17.4 Å². The molecule has 1 fully saturated rings. The highest BCUT2D eigenvalue weighted by Gasteiger charge is 2.61. The summed E-state index contributed by atoms with van der Waals surface area (Å²) in [4.78, 5) is 24.3. The maximum Gasteiger partial charge on any atom is 0.352 e. The molecule has 2 amide bonds. The van der Waals surface area contributed by atoms with Crippen molar-refractivity contribution in [2.45, 2.75) is 37.3 Å². The molecular formula is C16H20F2N2O3. The second-order valence-electron chi connectivity index (χ2n) is 5.90. The molecule has 5 nitrogen and oxygen atoms in total. The normalized spacial score (nSPS) is 16.4. The molecule has 0 aromatic heterocycles. The first-order valence-electron chi connectivity index (χ1n) is 7.38. The number of nitrogens with zero attached hydrogens (tertiary/aromatic N) is 1. The summed E-state index contributed by atoms with van der Waals surface area (Å²) in [5.41, 5.74) is -1.16. The van der Waals surface area contributed by atoms with Crippen LogP contribution in [0.4, 0.5) is 8.78 Å². The minimum Gasteiger partial charge on any atom is -0.383 e.